The first-order valence-electron chi connectivity index (χ1n) is 5.08. The van der Waals surface area contributed by atoms with E-state index in [0.717, 1.165) is 14.7 Å². The summed E-state index contributed by atoms with van der Waals surface area (Å²) in [6.45, 7) is 0.208. The molecule has 2 heterocycles. The van der Waals surface area contributed by atoms with Crippen LogP contribution < -0.4 is 5.32 Å². The molecule has 4 N–H and O–H groups in total. The van der Waals surface area contributed by atoms with E-state index in [-0.39, 0.29) is 0 Å². The summed E-state index contributed by atoms with van der Waals surface area (Å²) in [7, 11) is 0. The Bertz CT molecular complexity index is 347. The van der Waals surface area contributed by atoms with Crippen molar-refractivity contribution in [3.8, 4) is 0 Å². The zero-order chi connectivity index (χ0) is 12.7. The fourth-order valence-corrected chi connectivity index (χ4v) is 2.17. The van der Waals surface area contributed by atoms with Crippen LogP contribution >= 0.6 is 0 Å². The fraction of sp³-hybridized carbons (Fsp3) is 0.750. The van der Waals surface area contributed by atoms with Gasteiger partial charge < -0.3 is 20.6 Å². The number of aliphatic hydroxyl groups is 3. The van der Waals surface area contributed by atoms with Crippen molar-refractivity contribution < 1.29 is 24.9 Å². The second-order valence-electron chi connectivity index (χ2n) is 3.85. The molecule has 0 bridgehead atoms. The molecule has 3 atom stereocenters. The smallest absolute Gasteiger partial charge is 0.327 e. The van der Waals surface area contributed by atoms with Crippen LogP contribution in [0.3, 0.4) is 0 Å². The first-order valence-corrected chi connectivity index (χ1v) is 5.08. The Kier molecular flexibility index (Phi) is 2.81. The number of fused-ring (bicyclic) bond motifs is 1. The van der Waals surface area contributed by atoms with Crippen LogP contribution in [0.5, 0.6) is 0 Å². The molecule has 4 amide bonds. The minimum Gasteiger partial charge on any atom is -0.376 e. The van der Waals surface area contributed by atoms with E-state index in [1.165, 1.54) is 6.92 Å². The summed E-state index contributed by atoms with van der Waals surface area (Å²) in [6.07, 6.45) is -2.73. The van der Waals surface area contributed by atoms with Crippen LogP contribution in [0.4, 0.5) is 9.59 Å². The van der Waals surface area contributed by atoms with Crippen molar-refractivity contribution in [2.24, 2.45) is 0 Å². The average molecular weight is 246 g/mol. The number of carbonyl (C=O) groups is 2. The number of urea groups is 2. The van der Waals surface area contributed by atoms with Crippen molar-refractivity contribution in [1.82, 2.24) is 20.0 Å². The Balaban J connectivity index is 2.35. The fourth-order valence-electron chi connectivity index (χ4n) is 2.17. The van der Waals surface area contributed by atoms with Crippen molar-refractivity contribution in [3.63, 3.8) is 0 Å². The quantitative estimate of drug-likeness (QED) is 0.444. The number of rotatable bonds is 3. The molecule has 3 unspecified atom stereocenters. The van der Waals surface area contributed by atoms with Gasteiger partial charge in [0.25, 0.3) is 0 Å². The molecular weight excluding hydrogens is 232 g/mol. The molecule has 0 aromatic carbocycles. The van der Waals surface area contributed by atoms with Crippen LogP contribution in [0.2, 0.25) is 0 Å². The number of hydrogen-bond acceptors (Lipinski definition) is 5. The molecule has 9 heteroatoms. The third kappa shape index (κ3) is 1.51. The molecule has 2 aliphatic rings. The first kappa shape index (κ1) is 11.9. The number of amides is 4. The normalized spacial score (nSPS) is 29.8. The largest absolute Gasteiger partial charge is 0.376 e. The highest BCUT2D eigenvalue weighted by molar-refractivity contribution is 5.85. The van der Waals surface area contributed by atoms with Gasteiger partial charge in [0, 0.05) is 0 Å². The van der Waals surface area contributed by atoms with Gasteiger partial charge in [-0.25, -0.2) is 9.59 Å². The minimum absolute atomic E-state index is 0.556. The van der Waals surface area contributed by atoms with Gasteiger partial charge in [-0.2, -0.15) is 0 Å². The molecule has 0 aliphatic carbocycles. The molecule has 0 aromatic rings. The van der Waals surface area contributed by atoms with Crippen molar-refractivity contribution in [2.45, 2.75) is 25.5 Å². The number of aliphatic hydroxyl groups excluding tert-OH is 3. The van der Waals surface area contributed by atoms with E-state index in [4.69, 9.17) is 10.2 Å². The topological polar surface area (TPSA) is 117 Å². The van der Waals surface area contributed by atoms with Crippen molar-refractivity contribution in [3.05, 3.63) is 0 Å². The van der Waals surface area contributed by atoms with Gasteiger partial charge in [0.2, 0.25) is 0 Å². The maximum Gasteiger partial charge on any atom is 0.327 e. The Morgan fingerprint density at radius 3 is 2.35 bits per heavy atom. The van der Waals surface area contributed by atoms with Crippen molar-refractivity contribution in [2.75, 3.05) is 13.5 Å². The molecule has 0 radical (unpaired) electrons. The third-order valence-electron chi connectivity index (χ3n) is 2.93. The molecule has 9 nitrogen and oxygen atoms in total. The SMILES string of the molecule is CC(O)N1C(=O)N(CO)C2NC(=O)N(CO)C21. The molecule has 17 heavy (non-hydrogen) atoms. The zero-order valence-corrected chi connectivity index (χ0v) is 9.15. The lowest BCUT2D eigenvalue weighted by Crippen LogP contribution is -2.50. The van der Waals surface area contributed by atoms with Gasteiger partial charge in [-0.15, -0.1) is 0 Å². The van der Waals surface area contributed by atoms with E-state index in [2.05, 4.69) is 5.32 Å². The van der Waals surface area contributed by atoms with Gasteiger partial charge in [-0.05, 0) is 6.92 Å². The third-order valence-corrected chi connectivity index (χ3v) is 2.93. The first-order chi connectivity index (χ1) is 8.02. The van der Waals surface area contributed by atoms with E-state index in [1.54, 1.807) is 0 Å². The van der Waals surface area contributed by atoms with Gasteiger partial charge in [-0.1, -0.05) is 0 Å². The summed E-state index contributed by atoms with van der Waals surface area (Å²) in [6, 6.07) is -1.16. The minimum atomic E-state index is -1.13. The van der Waals surface area contributed by atoms with Crippen LogP contribution in [0.15, 0.2) is 0 Å². The molecule has 2 aliphatic heterocycles. The standard InChI is InChI=1S/C8H14N4O5/c1-4(15)12-6-5(10(2-13)8(12)17)9-7(16)11(6)3-14/h4-6,13-15H,2-3H2,1H3,(H,9,16). The zero-order valence-electron chi connectivity index (χ0n) is 9.15. The number of nitrogens with zero attached hydrogens (tertiary/aromatic N) is 3. The molecular formula is C8H14N4O5. The predicted octanol–water partition coefficient (Wildman–Crippen LogP) is -2.36. The lowest BCUT2D eigenvalue weighted by molar-refractivity contribution is -0.0188. The van der Waals surface area contributed by atoms with E-state index in [1.807, 2.05) is 0 Å². The van der Waals surface area contributed by atoms with E-state index in [9.17, 15) is 14.7 Å². The molecule has 2 fully saturated rings. The highest BCUT2D eigenvalue weighted by Crippen LogP contribution is 2.29. The predicted molar refractivity (Wildman–Crippen MR) is 52.9 cm³/mol. The summed E-state index contributed by atoms with van der Waals surface area (Å²) in [4.78, 5) is 26.3. The van der Waals surface area contributed by atoms with Gasteiger partial charge in [0.05, 0.1) is 0 Å². The summed E-state index contributed by atoms with van der Waals surface area (Å²) >= 11 is 0. The molecule has 2 rings (SSSR count). The van der Waals surface area contributed by atoms with Crippen molar-refractivity contribution >= 4 is 12.1 Å². The van der Waals surface area contributed by atoms with Crippen LogP contribution in [0.1, 0.15) is 6.92 Å². The van der Waals surface area contributed by atoms with Gasteiger partial charge in [-0.3, -0.25) is 14.7 Å². The summed E-state index contributed by atoms with van der Waals surface area (Å²) in [5.41, 5.74) is 0. The number of hydrogen-bond donors (Lipinski definition) is 4. The van der Waals surface area contributed by atoms with E-state index >= 15 is 0 Å². The Hall–Kier alpha value is -1.58. The lowest BCUT2D eigenvalue weighted by Gasteiger charge is -2.29. The van der Waals surface area contributed by atoms with Crippen molar-refractivity contribution in [1.29, 1.82) is 0 Å². The second-order valence-corrected chi connectivity index (χ2v) is 3.85. The maximum atomic E-state index is 11.8. The molecule has 2 saturated heterocycles. The van der Waals surface area contributed by atoms with Gasteiger partial charge >= 0.3 is 12.1 Å². The molecule has 0 spiro atoms. The summed E-state index contributed by atoms with van der Waals surface area (Å²) in [5.74, 6) is 0. The average Bonchev–Trinajstić information content (AvgIpc) is 2.69. The van der Waals surface area contributed by atoms with Crippen LogP contribution in [-0.4, -0.2) is 74.1 Å². The molecule has 96 valence electrons. The molecule has 0 aromatic heterocycles. The second kappa shape index (κ2) is 4.02. The van der Waals surface area contributed by atoms with Crippen LogP contribution in [-0.2, 0) is 0 Å². The highest BCUT2D eigenvalue weighted by atomic mass is 16.3. The Labute approximate surface area is 96.8 Å². The number of nitrogens with one attached hydrogen (secondary N) is 1. The Morgan fingerprint density at radius 2 is 1.88 bits per heavy atom. The van der Waals surface area contributed by atoms with Gasteiger partial charge in [0.1, 0.15) is 25.9 Å². The summed E-state index contributed by atoms with van der Waals surface area (Å²) in [5, 5.41) is 30.2. The molecule has 0 saturated carbocycles. The number of carbonyl (C=O) groups excluding carboxylic acids is 2. The van der Waals surface area contributed by atoms with E-state index < -0.39 is 44.1 Å². The highest BCUT2D eigenvalue weighted by Gasteiger charge is 2.56. The monoisotopic (exact) mass is 246 g/mol. The lowest BCUT2D eigenvalue weighted by atomic mass is 10.3. The Morgan fingerprint density at radius 1 is 1.29 bits per heavy atom. The van der Waals surface area contributed by atoms with Crippen LogP contribution in [0.25, 0.3) is 0 Å². The summed E-state index contributed by atoms with van der Waals surface area (Å²) < 4.78 is 0. The van der Waals surface area contributed by atoms with Crippen LogP contribution in [0, 0.1) is 0 Å². The maximum absolute atomic E-state index is 11.8. The van der Waals surface area contributed by atoms with Gasteiger partial charge in [0.15, 0.2) is 6.17 Å². The van der Waals surface area contributed by atoms with E-state index in [0.29, 0.717) is 0 Å².